The molecule has 0 spiro atoms. The summed E-state index contributed by atoms with van der Waals surface area (Å²) in [6, 6.07) is 1.92. The van der Waals surface area contributed by atoms with Crippen molar-refractivity contribution in [2.45, 2.75) is 26.8 Å². The summed E-state index contributed by atoms with van der Waals surface area (Å²) < 4.78 is 0. The van der Waals surface area contributed by atoms with Crippen LogP contribution in [0, 0.1) is 13.8 Å². The van der Waals surface area contributed by atoms with Gasteiger partial charge in [0.15, 0.2) is 0 Å². The van der Waals surface area contributed by atoms with Crippen LogP contribution in [-0.4, -0.2) is 58.4 Å². The first kappa shape index (κ1) is 19.6. The molecule has 136 valence electrons. The van der Waals surface area contributed by atoms with Gasteiger partial charge in [0, 0.05) is 43.0 Å². The molecule has 1 aliphatic rings. The molecule has 3 heterocycles. The number of aromatic nitrogens is 1. The molecule has 1 fully saturated rings. The second-order valence-corrected chi connectivity index (χ2v) is 7.85. The van der Waals surface area contributed by atoms with Gasteiger partial charge in [0.05, 0.1) is 16.3 Å². The van der Waals surface area contributed by atoms with Crippen LogP contribution in [0.3, 0.4) is 0 Å². The number of thiazole rings is 1. The van der Waals surface area contributed by atoms with E-state index in [1.807, 2.05) is 21.7 Å². The van der Waals surface area contributed by atoms with Gasteiger partial charge in [0.2, 0.25) is 0 Å². The molecular weight excluding hydrogens is 358 g/mol. The van der Waals surface area contributed by atoms with Crippen LogP contribution in [0.25, 0.3) is 0 Å². The van der Waals surface area contributed by atoms with E-state index in [9.17, 15) is 4.79 Å². The lowest BCUT2D eigenvalue weighted by atomic mass is 10.3. The number of carbonyl (C=O) groups is 2. The molecule has 2 aromatic heterocycles. The fourth-order valence-corrected chi connectivity index (χ4v) is 4.43. The van der Waals surface area contributed by atoms with Crippen molar-refractivity contribution >= 4 is 35.1 Å². The molecule has 8 heteroatoms. The highest BCUT2D eigenvalue weighted by molar-refractivity contribution is 7.11. The zero-order valence-electron chi connectivity index (χ0n) is 14.5. The van der Waals surface area contributed by atoms with Crippen molar-refractivity contribution in [1.82, 2.24) is 14.8 Å². The van der Waals surface area contributed by atoms with Crippen LogP contribution in [0.2, 0.25) is 0 Å². The highest BCUT2D eigenvalue weighted by Crippen LogP contribution is 2.20. The third-order valence-corrected chi connectivity index (χ3v) is 5.75. The van der Waals surface area contributed by atoms with Crippen LogP contribution in [0.1, 0.15) is 32.4 Å². The van der Waals surface area contributed by atoms with Gasteiger partial charge in [-0.25, -0.2) is 4.98 Å². The summed E-state index contributed by atoms with van der Waals surface area (Å²) in [7, 11) is 0. The number of thiophene rings is 1. The number of nitrogens with zero attached hydrogens (tertiary/aromatic N) is 3. The van der Waals surface area contributed by atoms with Crippen LogP contribution >= 0.6 is 22.7 Å². The monoisotopic (exact) mass is 381 g/mol. The summed E-state index contributed by atoms with van der Waals surface area (Å²) in [6.45, 7) is 8.50. The van der Waals surface area contributed by atoms with Gasteiger partial charge >= 0.3 is 0 Å². The first-order valence-electron chi connectivity index (χ1n) is 8.09. The van der Waals surface area contributed by atoms with Gasteiger partial charge in [0.1, 0.15) is 0 Å². The van der Waals surface area contributed by atoms with E-state index < -0.39 is 0 Å². The summed E-state index contributed by atoms with van der Waals surface area (Å²) in [5, 5.41) is 11.9. The fourth-order valence-electron chi connectivity index (χ4n) is 2.82. The largest absolute Gasteiger partial charge is 0.483 e. The van der Waals surface area contributed by atoms with Gasteiger partial charge in [-0.1, -0.05) is 0 Å². The van der Waals surface area contributed by atoms with E-state index in [1.165, 1.54) is 4.88 Å². The lowest BCUT2D eigenvalue weighted by Crippen LogP contribution is -2.34. The van der Waals surface area contributed by atoms with Crippen molar-refractivity contribution < 1.29 is 14.7 Å². The van der Waals surface area contributed by atoms with E-state index >= 15 is 0 Å². The zero-order valence-corrected chi connectivity index (χ0v) is 16.1. The number of hydrogen-bond acceptors (Lipinski definition) is 6. The van der Waals surface area contributed by atoms with Gasteiger partial charge in [0.25, 0.3) is 12.4 Å². The summed E-state index contributed by atoms with van der Waals surface area (Å²) in [5.41, 5.74) is 1.98. The summed E-state index contributed by atoms with van der Waals surface area (Å²) in [6.07, 6.45) is 1.03. The molecule has 1 saturated heterocycles. The maximum Gasteiger partial charge on any atom is 0.290 e. The highest BCUT2D eigenvalue weighted by Gasteiger charge is 2.21. The number of rotatable bonds is 3. The summed E-state index contributed by atoms with van der Waals surface area (Å²) in [5.74, 6) is 0.174. The molecule has 25 heavy (non-hydrogen) atoms. The third kappa shape index (κ3) is 5.62. The first-order valence-corrected chi connectivity index (χ1v) is 9.85. The van der Waals surface area contributed by atoms with E-state index in [0.717, 1.165) is 55.4 Å². The van der Waals surface area contributed by atoms with Crippen molar-refractivity contribution in [3.05, 3.63) is 38.0 Å². The Labute approximate surface area is 155 Å². The molecule has 2 aromatic rings. The Morgan fingerprint density at radius 3 is 2.68 bits per heavy atom. The van der Waals surface area contributed by atoms with Crippen LogP contribution in [0.15, 0.2) is 16.8 Å². The summed E-state index contributed by atoms with van der Waals surface area (Å²) in [4.78, 5) is 31.1. The van der Waals surface area contributed by atoms with Crippen molar-refractivity contribution in [2.24, 2.45) is 0 Å². The molecule has 0 aliphatic carbocycles. The zero-order chi connectivity index (χ0) is 18.2. The smallest absolute Gasteiger partial charge is 0.290 e. The van der Waals surface area contributed by atoms with Crippen LogP contribution in [0.5, 0.6) is 0 Å². The predicted octanol–water partition coefficient (Wildman–Crippen LogP) is 2.87. The molecular formula is C17H23N3O3S2. The molecule has 0 bridgehead atoms. The maximum absolute atomic E-state index is 12.4. The molecule has 0 radical (unpaired) electrons. The highest BCUT2D eigenvalue weighted by atomic mass is 32.1. The number of amides is 1. The van der Waals surface area contributed by atoms with Gasteiger partial charge in [-0.3, -0.25) is 14.5 Å². The molecule has 0 saturated carbocycles. The minimum Gasteiger partial charge on any atom is -0.483 e. The molecule has 0 atom stereocenters. The molecule has 3 rings (SSSR count). The number of aryl methyl sites for hydroxylation is 2. The lowest BCUT2D eigenvalue weighted by Gasteiger charge is -2.21. The average molecular weight is 382 g/mol. The van der Waals surface area contributed by atoms with E-state index in [-0.39, 0.29) is 12.4 Å². The SMILES string of the molecule is Cc1nc(C)c(CN2CCCN(C(=O)c3ccsc3)CC2)s1.O=CO. The normalized spacial score (nSPS) is 15.2. The second kappa shape index (κ2) is 9.65. The standard InChI is InChI=1S/C16H21N3OS2.CH2O2/c1-12-15(22-13(2)17-12)10-18-5-3-6-19(8-7-18)16(20)14-4-9-21-11-14;2-1-3/h4,9,11H,3,5-8,10H2,1-2H3;1H,(H,2,3). The Balaban J connectivity index is 0.000000701. The quantitative estimate of drug-likeness (QED) is 0.828. The van der Waals surface area contributed by atoms with Crippen molar-refractivity contribution in [2.75, 3.05) is 26.2 Å². The maximum atomic E-state index is 12.4. The minimum absolute atomic E-state index is 0.174. The van der Waals surface area contributed by atoms with Gasteiger partial charge in [-0.05, 0) is 31.7 Å². The fraction of sp³-hybridized carbons (Fsp3) is 0.471. The Morgan fingerprint density at radius 1 is 1.32 bits per heavy atom. The number of carbonyl (C=O) groups excluding carboxylic acids is 1. The van der Waals surface area contributed by atoms with Crippen molar-refractivity contribution in [3.8, 4) is 0 Å². The first-order chi connectivity index (χ1) is 12.0. The minimum atomic E-state index is -0.250. The molecule has 1 amide bonds. The van der Waals surface area contributed by atoms with Crippen LogP contribution in [-0.2, 0) is 11.3 Å². The van der Waals surface area contributed by atoms with Gasteiger partial charge in [-0.15, -0.1) is 11.3 Å². The van der Waals surface area contributed by atoms with Crippen molar-refractivity contribution in [1.29, 1.82) is 0 Å². The number of hydrogen-bond donors (Lipinski definition) is 1. The summed E-state index contributed by atoms with van der Waals surface area (Å²) >= 11 is 3.37. The van der Waals surface area contributed by atoms with Crippen LogP contribution in [0.4, 0.5) is 0 Å². The van der Waals surface area contributed by atoms with E-state index in [2.05, 4.69) is 23.7 Å². The Bertz CT molecular complexity index is 685. The van der Waals surface area contributed by atoms with E-state index in [0.29, 0.717) is 0 Å². The molecule has 1 aliphatic heterocycles. The van der Waals surface area contributed by atoms with Crippen LogP contribution < -0.4 is 0 Å². The lowest BCUT2D eigenvalue weighted by molar-refractivity contribution is -0.122. The van der Waals surface area contributed by atoms with Gasteiger partial charge in [-0.2, -0.15) is 11.3 Å². The third-order valence-electron chi connectivity index (χ3n) is 4.01. The van der Waals surface area contributed by atoms with Crippen molar-refractivity contribution in [3.63, 3.8) is 0 Å². The molecule has 0 unspecified atom stereocenters. The number of carboxylic acid groups (broad SMARTS) is 1. The molecule has 1 N–H and O–H groups in total. The Hall–Kier alpha value is -1.77. The van der Waals surface area contributed by atoms with E-state index in [4.69, 9.17) is 9.90 Å². The topological polar surface area (TPSA) is 73.7 Å². The predicted molar refractivity (Wildman–Crippen MR) is 100 cm³/mol. The average Bonchev–Trinajstić information content (AvgIpc) is 3.14. The second-order valence-electron chi connectivity index (χ2n) is 5.78. The molecule has 0 aromatic carbocycles. The molecule has 6 nitrogen and oxygen atoms in total. The Morgan fingerprint density at radius 2 is 2.08 bits per heavy atom. The van der Waals surface area contributed by atoms with E-state index in [1.54, 1.807) is 22.7 Å². The van der Waals surface area contributed by atoms with Gasteiger partial charge < -0.3 is 10.0 Å². The Kier molecular flexibility index (Phi) is 7.54.